The van der Waals surface area contributed by atoms with Gasteiger partial charge in [0.2, 0.25) is 65.0 Å². The van der Waals surface area contributed by atoms with Gasteiger partial charge in [-0.2, -0.15) is 0 Å². The number of carbonyl (C=O) groups is 12. The third-order valence-corrected chi connectivity index (χ3v) is 14.2. The molecule has 0 bridgehead atoms. The number of unbranched alkanes of at least 4 members (excludes halogenated alkanes) is 12. The first-order chi connectivity index (χ1) is 42.9. The Morgan fingerprint density at radius 2 is 0.681 bits per heavy atom. The number of primary amides is 2. The minimum Gasteiger partial charge on any atom is -0.481 e. The summed E-state index contributed by atoms with van der Waals surface area (Å²) in [6, 6.07) is -16.0. The van der Waals surface area contributed by atoms with Crippen LogP contribution in [0, 0.1) is 10.8 Å². The minimum absolute atomic E-state index is 0.00761. The standard InChI is InChI=1S/C56H103N17O18/c1-5-6-7-8-9-10-11-12-13-14-15-16-17-22-41(80)65-34(20-18-27-63-55(59)60)47(84)66-36(23-25-40(57)79)50(87)72-44(32(3)77)53(90)67-35(21-19-28-64-56(61)62)48(85)69-38(29-74)51(88)70-39(30-75)52(89)73-45(33(4)78)54(91)68-37(24-26-42(81)82)49(86)71-43(31(2)76)46(58)83/h31-39,43-45,74-78H,5-30H2,1-4H3,(H2,57,79)(H2,58,83)(H,65,80)(H,66,84)(H,67,90)(H,68,91)(H,69,85)(H,70,88)(H,71,86)(H,72,87)(H,73,89)(H,81,82)(H4,59,60,63)(H4,61,62,64)/t31-,32-,33-,34+,35+,36+,37+,38+,39+,43+,44+,45+/m1/s1. The average Bonchev–Trinajstić information content (AvgIpc) is 1.69. The van der Waals surface area contributed by atoms with Crippen molar-refractivity contribution in [1.82, 2.24) is 58.5 Å². The summed E-state index contributed by atoms with van der Waals surface area (Å²) in [7, 11) is 0. The summed E-state index contributed by atoms with van der Waals surface area (Å²) >= 11 is 0. The van der Waals surface area contributed by atoms with Crippen molar-refractivity contribution in [1.29, 1.82) is 10.8 Å². The number of hydrogen-bond donors (Lipinski definition) is 23. The highest BCUT2D eigenvalue weighted by Crippen LogP contribution is 2.14. The Balaban J connectivity index is 6.43. The number of rotatable bonds is 51. The fraction of sp³-hybridized carbons (Fsp3) is 0.750. The lowest BCUT2D eigenvalue weighted by molar-refractivity contribution is -0.139. The molecule has 35 nitrogen and oxygen atoms in total. The molecule has 0 aromatic carbocycles. The van der Waals surface area contributed by atoms with E-state index in [9.17, 15) is 88.2 Å². The molecule has 0 aliphatic carbocycles. The third-order valence-electron chi connectivity index (χ3n) is 14.2. The van der Waals surface area contributed by atoms with Crippen molar-refractivity contribution in [3.8, 4) is 0 Å². The molecule has 520 valence electrons. The lowest BCUT2D eigenvalue weighted by atomic mass is 10.0. The number of hydrogen-bond acceptors (Lipinski definition) is 19. The van der Waals surface area contributed by atoms with E-state index in [1.54, 1.807) is 0 Å². The van der Waals surface area contributed by atoms with Crippen LogP contribution in [0.1, 0.15) is 169 Å². The molecule has 0 aliphatic heterocycles. The highest BCUT2D eigenvalue weighted by molar-refractivity contribution is 5.99. The number of carboxylic acids is 1. The number of aliphatic hydroxyl groups excluding tert-OH is 5. The van der Waals surface area contributed by atoms with E-state index >= 15 is 0 Å². The van der Waals surface area contributed by atoms with Crippen molar-refractivity contribution < 1.29 is 88.2 Å². The van der Waals surface area contributed by atoms with E-state index < -0.39 is 188 Å². The molecule has 27 N–H and O–H groups in total. The largest absolute Gasteiger partial charge is 0.481 e. The molecule has 91 heavy (non-hydrogen) atoms. The second kappa shape index (κ2) is 47.0. The summed E-state index contributed by atoms with van der Waals surface area (Å²) in [6.45, 7) is 3.01. The predicted molar refractivity (Wildman–Crippen MR) is 330 cm³/mol. The van der Waals surface area contributed by atoms with Gasteiger partial charge in [-0.05, 0) is 65.7 Å². The van der Waals surface area contributed by atoms with Gasteiger partial charge in [-0.1, -0.05) is 84.0 Å². The molecule has 11 amide bonds. The van der Waals surface area contributed by atoms with E-state index in [0.717, 1.165) is 52.9 Å². The van der Waals surface area contributed by atoms with E-state index in [4.69, 9.17) is 33.8 Å². The van der Waals surface area contributed by atoms with Crippen LogP contribution >= 0.6 is 0 Å². The van der Waals surface area contributed by atoms with Gasteiger partial charge in [0.25, 0.3) is 0 Å². The number of aliphatic carboxylic acids is 1. The van der Waals surface area contributed by atoms with Gasteiger partial charge in [0.05, 0.1) is 31.5 Å². The molecule has 12 atom stereocenters. The van der Waals surface area contributed by atoms with Crippen LogP contribution in [-0.2, 0) is 57.5 Å². The van der Waals surface area contributed by atoms with Crippen molar-refractivity contribution in [2.75, 3.05) is 26.3 Å². The van der Waals surface area contributed by atoms with E-state index in [0.29, 0.717) is 6.42 Å². The Hall–Kier alpha value is -8.02. The Bertz CT molecular complexity index is 2350. The van der Waals surface area contributed by atoms with Crippen LogP contribution in [0.4, 0.5) is 0 Å². The molecule has 35 heteroatoms. The van der Waals surface area contributed by atoms with E-state index in [-0.39, 0.29) is 51.2 Å². The molecule has 0 radical (unpaired) electrons. The van der Waals surface area contributed by atoms with Crippen LogP contribution in [-0.4, -0.2) is 212 Å². The number of nitrogens with two attached hydrogens (primary N) is 4. The predicted octanol–water partition coefficient (Wildman–Crippen LogP) is -5.90. The monoisotopic (exact) mass is 1300 g/mol. The molecule has 0 saturated heterocycles. The smallest absolute Gasteiger partial charge is 0.303 e. The first-order valence-corrected chi connectivity index (χ1v) is 30.8. The lowest BCUT2D eigenvalue weighted by Crippen LogP contribution is -2.63. The molecule has 0 aromatic rings. The van der Waals surface area contributed by atoms with Gasteiger partial charge in [0.1, 0.15) is 54.4 Å². The average molecular weight is 1300 g/mol. The second-order valence-electron chi connectivity index (χ2n) is 22.3. The number of guanidine groups is 2. The molecular weight excluding hydrogens is 1200 g/mol. The van der Waals surface area contributed by atoms with Crippen LogP contribution < -0.4 is 81.4 Å². The maximum Gasteiger partial charge on any atom is 0.303 e. The van der Waals surface area contributed by atoms with Gasteiger partial charge >= 0.3 is 5.97 Å². The zero-order chi connectivity index (χ0) is 69.2. The Labute approximate surface area is 529 Å². The van der Waals surface area contributed by atoms with Crippen molar-refractivity contribution in [3.05, 3.63) is 0 Å². The Morgan fingerprint density at radius 3 is 1.03 bits per heavy atom. The van der Waals surface area contributed by atoms with Crippen LogP contribution in [0.15, 0.2) is 0 Å². The quantitative estimate of drug-likeness (QED) is 0.0153. The fourth-order valence-electron chi connectivity index (χ4n) is 8.99. The summed E-state index contributed by atoms with van der Waals surface area (Å²) in [5.74, 6) is -14.5. The number of carboxylic acid groups (broad SMARTS) is 1. The summed E-state index contributed by atoms with van der Waals surface area (Å²) in [5, 5.41) is 101. The summed E-state index contributed by atoms with van der Waals surface area (Å²) in [4.78, 5) is 158. The molecule has 0 aliphatic rings. The minimum atomic E-state index is -2.01. The number of aliphatic hydroxyl groups is 5. The molecule has 0 rings (SSSR count). The topological polar surface area (TPSA) is 610 Å². The normalized spacial score (nSPS) is 15.0. The summed E-state index contributed by atoms with van der Waals surface area (Å²) in [5.41, 5.74) is 21.4. The highest BCUT2D eigenvalue weighted by Gasteiger charge is 2.37. The van der Waals surface area contributed by atoms with Crippen LogP contribution in [0.25, 0.3) is 0 Å². The van der Waals surface area contributed by atoms with Gasteiger partial charge in [0.15, 0.2) is 11.9 Å². The van der Waals surface area contributed by atoms with Gasteiger partial charge in [-0.25, -0.2) is 0 Å². The van der Waals surface area contributed by atoms with E-state index in [2.05, 4.69) is 60.1 Å². The SMILES string of the molecule is CCCCCCCCCCCCCCCC(=O)N[C@@H](CCCNC(=N)N)C(=O)N[C@@H](CCC(N)=O)C(=O)N[C@H](C(=O)N[C@@H](CCCNC(=N)N)C(=O)N[C@@H](CO)C(=O)N[C@@H](CO)C(=O)N[C@H](C(=O)N[C@@H](CCC(=O)O)C(=O)N[C@H](C(N)=O)[C@@H](C)O)[C@@H](C)O)[C@@H](C)O. The van der Waals surface area contributed by atoms with E-state index in [1.807, 2.05) is 5.32 Å². The molecular formula is C56H103N17O18. The van der Waals surface area contributed by atoms with Crippen LogP contribution in [0.2, 0.25) is 0 Å². The highest BCUT2D eigenvalue weighted by atomic mass is 16.4. The Morgan fingerprint density at radius 1 is 0.374 bits per heavy atom. The first-order valence-electron chi connectivity index (χ1n) is 30.8. The van der Waals surface area contributed by atoms with Gasteiger partial charge in [-0.15, -0.1) is 0 Å². The van der Waals surface area contributed by atoms with Gasteiger partial charge in [0, 0.05) is 32.4 Å². The number of amides is 11. The second-order valence-corrected chi connectivity index (χ2v) is 22.3. The zero-order valence-electron chi connectivity index (χ0n) is 52.7. The van der Waals surface area contributed by atoms with Crippen molar-refractivity contribution in [3.63, 3.8) is 0 Å². The lowest BCUT2D eigenvalue weighted by Gasteiger charge is -2.28. The Kier molecular flexibility index (Phi) is 42.8. The number of carbonyl (C=O) groups excluding carboxylic acids is 11. The molecule has 0 saturated carbocycles. The van der Waals surface area contributed by atoms with Gasteiger partial charge < -0.3 is 112 Å². The van der Waals surface area contributed by atoms with Crippen molar-refractivity contribution in [2.45, 2.75) is 242 Å². The molecule has 0 fully saturated rings. The molecule has 0 heterocycles. The molecule has 0 unspecified atom stereocenters. The van der Waals surface area contributed by atoms with E-state index in [1.165, 1.54) is 44.9 Å². The number of nitrogens with one attached hydrogen (secondary N) is 13. The third kappa shape index (κ3) is 37.0. The fourth-order valence-corrected chi connectivity index (χ4v) is 8.99. The summed E-state index contributed by atoms with van der Waals surface area (Å²) in [6.07, 6.45) is 6.73. The maximum atomic E-state index is 14.0. The van der Waals surface area contributed by atoms with Crippen LogP contribution in [0.3, 0.4) is 0 Å². The van der Waals surface area contributed by atoms with Crippen molar-refractivity contribution >= 4 is 82.9 Å². The summed E-state index contributed by atoms with van der Waals surface area (Å²) < 4.78 is 0. The van der Waals surface area contributed by atoms with Gasteiger partial charge in [-0.3, -0.25) is 68.4 Å². The molecule has 0 spiro atoms. The van der Waals surface area contributed by atoms with Crippen LogP contribution in [0.5, 0.6) is 0 Å². The van der Waals surface area contributed by atoms with Crippen molar-refractivity contribution in [2.24, 2.45) is 22.9 Å². The zero-order valence-corrected chi connectivity index (χ0v) is 52.7. The first kappa shape index (κ1) is 83.0. The maximum absolute atomic E-state index is 14.0. The molecule has 0 aromatic heterocycles.